The van der Waals surface area contributed by atoms with Gasteiger partial charge in [-0.25, -0.2) is 13.1 Å². The maximum absolute atomic E-state index is 12.2. The number of aryl methyl sites for hydroxylation is 1. The molecule has 19 heavy (non-hydrogen) atoms. The zero-order chi connectivity index (χ0) is 13.7. The van der Waals surface area contributed by atoms with Crippen LogP contribution < -0.4 is 10.5 Å². The molecule has 0 radical (unpaired) electrons. The molecule has 6 nitrogen and oxygen atoms in total. The minimum Gasteiger partial charge on any atom is -0.330 e. The molecular formula is C11H20N4O2S2. The molecule has 8 heteroatoms. The molecule has 1 aromatic rings. The van der Waals surface area contributed by atoms with Crippen LogP contribution in [0.3, 0.4) is 0 Å². The third-order valence-electron chi connectivity index (χ3n) is 2.99. The van der Waals surface area contributed by atoms with Gasteiger partial charge in [0, 0.05) is 24.5 Å². The Bertz CT molecular complexity index is 495. The number of nitrogens with zero attached hydrogens (tertiary/aromatic N) is 2. The van der Waals surface area contributed by atoms with E-state index in [-0.39, 0.29) is 10.9 Å². The van der Waals surface area contributed by atoms with Crippen LogP contribution in [0.25, 0.3) is 0 Å². The highest BCUT2D eigenvalue weighted by Crippen LogP contribution is 2.19. The van der Waals surface area contributed by atoms with Crippen molar-refractivity contribution in [3.8, 4) is 0 Å². The molecule has 1 atom stereocenters. The minimum atomic E-state index is -3.44. The highest BCUT2D eigenvalue weighted by molar-refractivity contribution is 7.99. The second kappa shape index (κ2) is 6.74. The number of hydrogen-bond acceptors (Lipinski definition) is 5. The van der Waals surface area contributed by atoms with Crippen molar-refractivity contribution in [1.29, 1.82) is 0 Å². The smallest absolute Gasteiger partial charge is 0.243 e. The molecule has 108 valence electrons. The van der Waals surface area contributed by atoms with Crippen molar-refractivity contribution in [2.45, 2.75) is 36.7 Å². The number of aromatic nitrogens is 2. The second-order valence-electron chi connectivity index (χ2n) is 4.62. The maximum atomic E-state index is 12.2. The normalized spacial score (nSPS) is 20.6. The Morgan fingerprint density at radius 3 is 3.11 bits per heavy atom. The van der Waals surface area contributed by atoms with Crippen molar-refractivity contribution in [3.63, 3.8) is 0 Å². The fraction of sp³-hybridized carbons (Fsp3) is 0.727. The van der Waals surface area contributed by atoms with E-state index in [1.54, 1.807) is 22.6 Å². The summed E-state index contributed by atoms with van der Waals surface area (Å²) in [5, 5.41) is 4.05. The van der Waals surface area contributed by atoms with Gasteiger partial charge in [0.05, 0.1) is 6.20 Å². The summed E-state index contributed by atoms with van der Waals surface area (Å²) >= 11 is 1.79. The first-order valence-corrected chi connectivity index (χ1v) is 9.08. The van der Waals surface area contributed by atoms with Crippen LogP contribution in [-0.4, -0.2) is 42.3 Å². The third kappa shape index (κ3) is 4.20. The summed E-state index contributed by atoms with van der Waals surface area (Å²) in [6.07, 6.45) is 5.72. The number of thioether (sulfide) groups is 1. The highest BCUT2D eigenvalue weighted by atomic mass is 32.2. The lowest BCUT2D eigenvalue weighted by Gasteiger charge is -2.21. The Kier molecular flexibility index (Phi) is 5.26. The van der Waals surface area contributed by atoms with E-state index in [1.165, 1.54) is 6.20 Å². The van der Waals surface area contributed by atoms with E-state index in [1.807, 2.05) is 0 Å². The van der Waals surface area contributed by atoms with Crippen molar-refractivity contribution in [2.75, 3.05) is 18.1 Å². The lowest BCUT2D eigenvalue weighted by molar-refractivity contribution is 0.542. The van der Waals surface area contributed by atoms with E-state index in [4.69, 9.17) is 5.73 Å². The summed E-state index contributed by atoms with van der Waals surface area (Å²) in [5.74, 6) is 1.97. The molecule has 1 fully saturated rings. The minimum absolute atomic E-state index is 0.0381. The molecule has 3 N–H and O–H groups in total. The topological polar surface area (TPSA) is 90.0 Å². The predicted molar refractivity (Wildman–Crippen MR) is 76.6 cm³/mol. The van der Waals surface area contributed by atoms with Crippen molar-refractivity contribution in [2.24, 2.45) is 5.73 Å². The van der Waals surface area contributed by atoms with Crippen molar-refractivity contribution < 1.29 is 8.42 Å². The fourth-order valence-corrected chi connectivity index (χ4v) is 4.38. The van der Waals surface area contributed by atoms with Gasteiger partial charge >= 0.3 is 0 Å². The Morgan fingerprint density at radius 1 is 1.58 bits per heavy atom. The molecule has 0 spiro atoms. The molecule has 1 unspecified atom stereocenters. The fourth-order valence-electron chi connectivity index (χ4n) is 1.98. The van der Waals surface area contributed by atoms with E-state index >= 15 is 0 Å². The first-order chi connectivity index (χ1) is 9.12. The van der Waals surface area contributed by atoms with Gasteiger partial charge in [0.15, 0.2) is 0 Å². The highest BCUT2D eigenvalue weighted by Gasteiger charge is 2.23. The lowest BCUT2D eigenvalue weighted by atomic mass is 10.2. The zero-order valence-electron chi connectivity index (χ0n) is 10.8. The molecular weight excluding hydrogens is 284 g/mol. The van der Waals surface area contributed by atoms with Crippen LogP contribution >= 0.6 is 11.8 Å². The Morgan fingerprint density at radius 2 is 2.42 bits per heavy atom. The van der Waals surface area contributed by atoms with Gasteiger partial charge in [0.1, 0.15) is 4.90 Å². The van der Waals surface area contributed by atoms with E-state index in [2.05, 4.69) is 9.82 Å². The van der Waals surface area contributed by atoms with Gasteiger partial charge in [0.25, 0.3) is 0 Å². The average molecular weight is 304 g/mol. The van der Waals surface area contributed by atoms with Crippen molar-refractivity contribution in [1.82, 2.24) is 14.5 Å². The number of hydrogen-bond donors (Lipinski definition) is 2. The number of sulfonamides is 1. The van der Waals surface area contributed by atoms with Gasteiger partial charge in [0.2, 0.25) is 10.0 Å². The van der Waals surface area contributed by atoms with Gasteiger partial charge in [-0.2, -0.15) is 16.9 Å². The maximum Gasteiger partial charge on any atom is 0.243 e. The molecule has 1 aliphatic heterocycles. The van der Waals surface area contributed by atoms with Crippen molar-refractivity contribution in [3.05, 3.63) is 12.4 Å². The Balaban J connectivity index is 1.99. The van der Waals surface area contributed by atoms with E-state index in [0.29, 0.717) is 13.1 Å². The van der Waals surface area contributed by atoms with E-state index < -0.39 is 10.0 Å². The second-order valence-corrected chi connectivity index (χ2v) is 7.48. The molecule has 0 amide bonds. The zero-order valence-corrected chi connectivity index (χ0v) is 12.4. The summed E-state index contributed by atoms with van der Waals surface area (Å²) in [5.41, 5.74) is 5.42. The SMILES string of the molecule is NCCCn1cc(S(=O)(=O)NC2CCCSC2)cn1. The standard InChI is InChI=1S/C11H20N4O2S2/c12-4-2-5-15-8-11(7-13-15)19(16,17)14-10-3-1-6-18-9-10/h7-8,10,14H,1-6,9,12H2. The molecule has 0 bridgehead atoms. The Labute approximate surface area is 118 Å². The number of nitrogens with one attached hydrogen (secondary N) is 1. The average Bonchev–Trinajstić information content (AvgIpc) is 2.86. The third-order valence-corrected chi connectivity index (χ3v) is 5.68. The van der Waals surface area contributed by atoms with Gasteiger partial charge < -0.3 is 5.73 Å². The van der Waals surface area contributed by atoms with Crippen LogP contribution in [-0.2, 0) is 16.6 Å². The molecule has 0 saturated carbocycles. The number of nitrogens with two attached hydrogens (primary N) is 1. The first-order valence-electron chi connectivity index (χ1n) is 6.44. The summed E-state index contributed by atoms with van der Waals surface area (Å²) in [4.78, 5) is 0.236. The van der Waals surface area contributed by atoms with Crippen LogP contribution in [0.1, 0.15) is 19.3 Å². The van der Waals surface area contributed by atoms with Crippen LogP contribution in [0.15, 0.2) is 17.3 Å². The van der Waals surface area contributed by atoms with Gasteiger partial charge in [-0.3, -0.25) is 4.68 Å². The van der Waals surface area contributed by atoms with Gasteiger partial charge in [-0.1, -0.05) is 0 Å². The molecule has 0 aliphatic carbocycles. The monoisotopic (exact) mass is 304 g/mol. The van der Waals surface area contributed by atoms with Crippen LogP contribution in [0.4, 0.5) is 0 Å². The Hall–Kier alpha value is -0.570. The summed E-state index contributed by atoms with van der Waals surface area (Å²) in [7, 11) is -3.44. The molecule has 1 aromatic heterocycles. The van der Waals surface area contributed by atoms with Crippen LogP contribution in [0.5, 0.6) is 0 Å². The summed E-state index contributed by atoms with van der Waals surface area (Å²) in [6, 6.07) is 0.0381. The largest absolute Gasteiger partial charge is 0.330 e. The van der Waals surface area contributed by atoms with E-state index in [9.17, 15) is 8.42 Å². The first kappa shape index (κ1) is 14.8. The van der Waals surface area contributed by atoms with E-state index in [0.717, 1.165) is 30.8 Å². The summed E-state index contributed by atoms with van der Waals surface area (Å²) in [6.45, 7) is 1.21. The van der Waals surface area contributed by atoms with Crippen molar-refractivity contribution >= 4 is 21.8 Å². The quantitative estimate of drug-likeness (QED) is 0.794. The molecule has 2 heterocycles. The van der Waals surface area contributed by atoms with Crippen LogP contribution in [0, 0.1) is 0 Å². The van der Waals surface area contributed by atoms with Crippen LogP contribution in [0.2, 0.25) is 0 Å². The lowest BCUT2D eigenvalue weighted by Crippen LogP contribution is -2.38. The van der Waals surface area contributed by atoms with Gasteiger partial charge in [-0.05, 0) is 31.6 Å². The number of rotatable bonds is 6. The molecule has 0 aromatic carbocycles. The molecule has 1 aliphatic rings. The predicted octanol–water partition coefficient (Wildman–Crippen LogP) is 0.406. The summed E-state index contributed by atoms with van der Waals surface area (Å²) < 4.78 is 28.8. The van der Waals surface area contributed by atoms with Gasteiger partial charge in [-0.15, -0.1) is 0 Å². The molecule has 2 rings (SSSR count). The molecule has 1 saturated heterocycles.